The number of nitrogens with one attached hydrogen (secondary N) is 1. The van der Waals surface area contributed by atoms with Crippen molar-refractivity contribution >= 4 is 33.0 Å². The van der Waals surface area contributed by atoms with Gasteiger partial charge in [0.25, 0.3) is 15.9 Å². The first kappa shape index (κ1) is 16.8. The number of hydrogen-bond donors (Lipinski definition) is 2. The van der Waals surface area contributed by atoms with Crippen molar-refractivity contribution in [2.24, 2.45) is 0 Å². The summed E-state index contributed by atoms with van der Waals surface area (Å²) in [5.74, 6) is -1.23. The lowest BCUT2D eigenvalue weighted by Crippen LogP contribution is -2.14. The van der Waals surface area contributed by atoms with Gasteiger partial charge in [-0.1, -0.05) is 0 Å². The summed E-state index contributed by atoms with van der Waals surface area (Å²) < 4.78 is 39.3. The summed E-state index contributed by atoms with van der Waals surface area (Å²) in [7, 11) is -3.91. The number of hydrogen-bond acceptors (Lipinski definition) is 5. The van der Waals surface area contributed by atoms with Crippen molar-refractivity contribution < 1.29 is 22.8 Å². The van der Waals surface area contributed by atoms with Gasteiger partial charge in [-0.05, 0) is 48.0 Å². The molecule has 1 amide bonds. The van der Waals surface area contributed by atoms with Gasteiger partial charge in [-0.2, -0.15) is 0 Å². The largest absolute Gasteiger partial charge is 0.288 e. The first-order valence-electron chi connectivity index (χ1n) is 7.02. The fraction of sp³-hybridized carbons (Fsp3) is 0. The molecule has 25 heavy (non-hydrogen) atoms. The van der Waals surface area contributed by atoms with Crippen LogP contribution in [0.4, 0.5) is 4.39 Å². The van der Waals surface area contributed by atoms with E-state index in [9.17, 15) is 17.6 Å². The van der Waals surface area contributed by atoms with E-state index in [0.29, 0.717) is 10.9 Å². The number of aromatic nitrogens is 2. The summed E-state index contributed by atoms with van der Waals surface area (Å²) in [5.41, 5.74) is 2.21. The average Bonchev–Trinajstić information content (AvgIpc) is 3.04. The van der Waals surface area contributed by atoms with Crippen LogP contribution >= 0.6 is 0 Å². The van der Waals surface area contributed by atoms with Crippen LogP contribution in [-0.4, -0.2) is 28.5 Å². The lowest BCUT2D eigenvalue weighted by Gasteiger charge is -2.07. The van der Waals surface area contributed by atoms with Gasteiger partial charge in [-0.3, -0.25) is 10.0 Å². The third-order valence-electron chi connectivity index (χ3n) is 3.42. The molecule has 0 bridgehead atoms. The summed E-state index contributed by atoms with van der Waals surface area (Å²) in [6.45, 7) is 0. The first-order valence-corrected chi connectivity index (χ1v) is 8.46. The summed E-state index contributed by atoms with van der Waals surface area (Å²) in [6.07, 6.45) is 5.27. The summed E-state index contributed by atoms with van der Waals surface area (Å²) >= 11 is 0. The highest BCUT2D eigenvalue weighted by molar-refractivity contribution is 7.90. The lowest BCUT2D eigenvalue weighted by atomic mass is 10.2. The Morgan fingerprint density at radius 1 is 1.24 bits per heavy atom. The second kappa shape index (κ2) is 6.46. The van der Waals surface area contributed by atoms with Gasteiger partial charge in [-0.15, -0.1) is 0 Å². The molecule has 2 N–H and O–H groups in total. The van der Waals surface area contributed by atoms with Crippen LogP contribution in [0, 0.1) is 5.82 Å². The number of fused-ring (bicyclic) bond motifs is 1. The van der Waals surface area contributed by atoms with Crippen molar-refractivity contribution in [3.8, 4) is 0 Å². The zero-order valence-corrected chi connectivity index (χ0v) is 13.4. The number of rotatable bonds is 4. The van der Waals surface area contributed by atoms with Gasteiger partial charge in [0.15, 0.2) is 5.65 Å². The number of pyridine rings is 1. The molecule has 9 heteroatoms. The number of nitrogens with zero attached hydrogens (tertiary/aromatic N) is 2. The van der Waals surface area contributed by atoms with Crippen molar-refractivity contribution in [2.75, 3.05) is 0 Å². The number of benzene rings is 1. The van der Waals surface area contributed by atoms with Gasteiger partial charge in [-0.25, -0.2) is 27.2 Å². The maximum atomic E-state index is 13.0. The predicted octanol–water partition coefficient (Wildman–Crippen LogP) is 1.93. The van der Waals surface area contributed by atoms with Crippen LogP contribution in [0.1, 0.15) is 5.56 Å². The lowest BCUT2D eigenvalue weighted by molar-refractivity contribution is -0.124. The Balaban J connectivity index is 2.02. The van der Waals surface area contributed by atoms with E-state index < -0.39 is 21.7 Å². The molecule has 0 atom stereocenters. The smallest absolute Gasteiger partial charge is 0.269 e. The number of halogens is 1. The maximum Gasteiger partial charge on any atom is 0.269 e. The third-order valence-corrected chi connectivity index (χ3v) is 5.10. The van der Waals surface area contributed by atoms with Crippen LogP contribution in [-0.2, 0) is 14.8 Å². The number of carbonyl (C=O) groups excluding carboxylic acids is 1. The molecular formula is C16H12FN3O4S. The monoisotopic (exact) mass is 361 g/mol. The molecule has 3 aromatic rings. The molecule has 0 spiro atoms. The van der Waals surface area contributed by atoms with Gasteiger partial charge in [0, 0.05) is 23.9 Å². The summed E-state index contributed by atoms with van der Waals surface area (Å²) in [4.78, 5) is 15.0. The molecular weight excluding hydrogens is 349 g/mol. The topological polar surface area (TPSA) is 101 Å². The molecule has 0 aliphatic heterocycles. The van der Waals surface area contributed by atoms with Gasteiger partial charge in [0.2, 0.25) is 0 Å². The fourth-order valence-corrected chi connectivity index (χ4v) is 3.54. The van der Waals surface area contributed by atoms with Crippen LogP contribution in [0.2, 0.25) is 0 Å². The Bertz CT molecular complexity index is 1070. The fourth-order valence-electron chi connectivity index (χ4n) is 2.23. The van der Waals surface area contributed by atoms with E-state index in [1.165, 1.54) is 36.1 Å². The molecule has 0 aliphatic carbocycles. The zero-order chi connectivity index (χ0) is 18.0. The zero-order valence-electron chi connectivity index (χ0n) is 12.6. The molecule has 128 valence electrons. The minimum atomic E-state index is -3.91. The molecule has 1 aromatic carbocycles. The molecule has 2 heterocycles. The van der Waals surface area contributed by atoms with Crippen LogP contribution in [0.25, 0.3) is 17.1 Å². The van der Waals surface area contributed by atoms with Gasteiger partial charge < -0.3 is 0 Å². The highest BCUT2D eigenvalue weighted by Gasteiger charge is 2.19. The van der Waals surface area contributed by atoms with Gasteiger partial charge >= 0.3 is 0 Å². The van der Waals surface area contributed by atoms with E-state index in [2.05, 4.69) is 4.98 Å². The van der Waals surface area contributed by atoms with Crippen molar-refractivity contribution in [1.29, 1.82) is 0 Å². The molecule has 0 saturated carbocycles. The molecule has 0 radical (unpaired) electrons. The highest BCUT2D eigenvalue weighted by Crippen LogP contribution is 2.22. The normalized spacial score (nSPS) is 11.9. The molecule has 0 unspecified atom stereocenters. The molecule has 0 saturated heterocycles. The second-order valence-corrected chi connectivity index (χ2v) is 6.88. The second-order valence-electron chi connectivity index (χ2n) is 5.06. The SMILES string of the molecule is O=C(/C=C/c1cnc2c(ccn2S(=O)(=O)c2ccc(F)cc2)c1)NO. The van der Waals surface area contributed by atoms with Crippen molar-refractivity contribution in [3.63, 3.8) is 0 Å². The number of amides is 1. The average molecular weight is 361 g/mol. The van der Waals surface area contributed by atoms with E-state index in [0.717, 1.165) is 22.2 Å². The van der Waals surface area contributed by atoms with E-state index in [1.54, 1.807) is 12.1 Å². The quantitative estimate of drug-likeness (QED) is 0.420. The predicted molar refractivity (Wildman–Crippen MR) is 87.7 cm³/mol. The first-order chi connectivity index (χ1) is 11.9. The number of hydroxylamine groups is 1. The number of carbonyl (C=O) groups is 1. The molecule has 7 nitrogen and oxygen atoms in total. The van der Waals surface area contributed by atoms with Gasteiger partial charge in [0.05, 0.1) is 4.90 Å². The Hall–Kier alpha value is -3.04. The Morgan fingerprint density at radius 2 is 1.96 bits per heavy atom. The summed E-state index contributed by atoms with van der Waals surface area (Å²) in [6, 6.07) is 7.71. The minimum Gasteiger partial charge on any atom is -0.288 e. The standard InChI is InChI=1S/C16H12FN3O4S/c17-13-2-4-14(5-3-13)25(23,24)20-8-7-12-9-11(10-18-16(12)20)1-6-15(21)19-22/h1-10,22H,(H,19,21)/b6-1+. The van der Waals surface area contributed by atoms with E-state index in [-0.39, 0.29) is 10.5 Å². The Kier molecular flexibility index (Phi) is 4.34. The molecule has 0 fully saturated rings. The van der Waals surface area contributed by atoms with Crippen molar-refractivity contribution in [2.45, 2.75) is 4.90 Å². The third kappa shape index (κ3) is 3.28. The molecule has 0 aliphatic rings. The van der Waals surface area contributed by atoms with Crippen LogP contribution in [0.15, 0.2) is 59.8 Å². The van der Waals surface area contributed by atoms with Crippen LogP contribution < -0.4 is 5.48 Å². The van der Waals surface area contributed by atoms with E-state index in [1.807, 2.05) is 0 Å². The molecule has 3 rings (SSSR count). The Labute approximate surface area is 142 Å². The van der Waals surface area contributed by atoms with Crippen LogP contribution in [0.5, 0.6) is 0 Å². The molecule has 2 aromatic heterocycles. The van der Waals surface area contributed by atoms with Crippen molar-refractivity contribution in [1.82, 2.24) is 14.4 Å². The van der Waals surface area contributed by atoms with Gasteiger partial charge in [0.1, 0.15) is 5.82 Å². The highest BCUT2D eigenvalue weighted by atomic mass is 32.2. The van der Waals surface area contributed by atoms with E-state index >= 15 is 0 Å². The Morgan fingerprint density at radius 3 is 2.64 bits per heavy atom. The van der Waals surface area contributed by atoms with Crippen LogP contribution in [0.3, 0.4) is 0 Å². The maximum absolute atomic E-state index is 13.0. The van der Waals surface area contributed by atoms with Crippen molar-refractivity contribution in [3.05, 3.63) is 66.2 Å². The van der Waals surface area contributed by atoms with E-state index in [4.69, 9.17) is 5.21 Å². The summed E-state index contributed by atoms with van der Waals surface area (Å²) in [5, 5.41) is 8.98. The minimum absolute atomic E-state index is 0.0585.